The minimum absolute atomic E-state index is 0.102. The van der Waals surface area contributed by atoms with E-state index in [-0.39, 0.29) is 12.5 Å². The molecule has 2 aromatic rings. The van der Waals surface area contributed by atoms with Gasteiger partial charge in [0.25, 0.3) is 5.91 Å². The highest BCUT2D eigenvalue weighted by molar-refractivity contribution is 9.10. The summed E-state index contributed by atoms with van der Waals surface area (Å²) in [4.78, 5) is 12.2. The molecular weight excluding hydrogens is 436 g/mol. The summed E-state index contributed by atoms with van der Waals surface area (Å²) in [5, 5.41) is 6.20. The highest BCUT2D eigenvalue weighted by Crippen LogP contribution is 2.34. The molecule has 0 heterocycles. The molecule has 0 atom stereocenters. The van der Waals surface area contributed by atoms with Crippen molar-refractivity contribution in [3.05, 3.63) is 52.0 Å². The first-order valence-electron chi connectivity index (χ1n) is 9.67. The van der Waals surface area contributed by atoms with E-state index in [4.69, 9.17) is 14.2 Å². The molecule has 0 aliphatic heterocycles. The lowest BCUT2D eigenvalue weighted by molar-refractivity contribution is -0.118. The van der Waals surface area contributed by atoms with E-state index in [2.05, 4.69) is 26.6 Å². The quantitative estimate of drug-likeness (QED) is 0.458. The average molecular weight is 465 g/mol. The molecule has 29 heavy (non-hydrogen) atoms. The molecule has 2 rings (SSSR count). The summed E-state index contributed by atoms with van der Waals surface area (Å²) in [6, 6.07) is 11.4. The Kier molecular flexibility index (Phi) is 9.97. The van der Waals surface area contributed by atoms with E-state index in [9.17, 15) is 4.79 Å². The van der Waals surface area contributed by atoms with Gasteiger partial charge >= 0.3 is 0 Å². The molecule has 2 N–H and O–H groups in total. The molecule has 0 saturated carbocycles. The number of halogens is 1. The van der Waals surface area contributed by atoms with Crippen LogP contribution in [0.2, 0.25) is 0 Å². The molecule has 0 bridgehead atoms. The topological polar surface area (TPSA) is 68.8 Å². The monoisotopic (exact) mass is 464 g/mol. The minimum Gasteiger partial charge on any atom is -0.490 e. The second kappa shape index (κ2) is 12.5. The normalized spacial score (nSPS) is 10.6. The van der Waals surface area contributed by atoms with E-state index >= 15 is 0 Å². The lowest BCUT2D eigenvalue weighted by atomic mass is 10.2. The maximum absolute atomic E-state index is 12.2. The van der Waals surface area contributed by atoms with Gasteiger partial charge in [-0.15, -0.1) is 0 Å². The number of methoxy groups -OCH3 is 1. The number of amides is 1. The van der Waals surface area contributed by atoms with Crippen LogP contribution in [0.4, 0.5) is 5.69 Å². The van der Waals surface area contributed by atoms with Gasteiger partial charge in [-0.05, 0) is 56.6 Å². The zero-order chi connectivity index (χ0) is 21.1. The lowest BCUT2D eigenvalue weighted by Gasteiger charge is -2.15. The van der Waals surface area contributed by atoms with Gasteiger partial charge in [0.15, 0.2) is 18.1 Å². The predicted octanol–water partition coefficient (Wildman–Crippen LogP) is 4.30. The molecule has 2 aromatic carbocycles. The van der Waals surface area contributed by atoms with Gasteiger partial charge in [-0.3, -0.25) is 4.79 Å². The molecule has 0 spiro atoms. The molecule has 0 fully saturated rings. The van der Waals surface area contributed by atoms with E-state index < -0.39 is 0 Å². The summed E-state index contributed by atoms with van der Waals surface area (Å²) in [7, 11) is 1.70. The van der Waals surface area contributed by atoms with Crippen LogP contribution in [0.15, 0.2) is 40.9 Å². The van der Waals surface area contributed by atoms with Crippen LogP contribution < -0.4 is 20.1 Å². The number of benzene rings is 2. The molecule has 6 nitrogen and oxygen atoms in total. The Morgan fingerprint density at radius 2 is 1.83 bits per heavy atom. The molecule has 158 valence electrons. The molecule has 7 heteroatoms. The van der Waals surface area contributed by atoms with Crippen LogP contribution in [0.1, 0.15) is 24.5 Å². The number of aryl methyl sites for hydroxylation is 1. The van der Waals surface area contributed by atoms with Gasteiger partial charge < -0.3 is 24.8 Å². The van der Waals surface area contributed by atoms with Gasteiger partial charge in [-0.2, -0.15) is 0 Å². The summed E-state index contributed by atoms with van der Waals surface area (Å²) >= 11 is 3.58. The molecule has 0 aromatic heterocycles. The van der Waals surface area contributed by atoms with Crippen molar-refractivity contribution in [1.29, 1.82) is 0 Å². The Morgan fingerprint density at radius 3 is 2.52 bits per heavy atom. The van der Waals surface area contributed by atoms with Crippen LogP contribution in [0.5, 0.6) is 11.5 Å². The largest absolute Gasteiger partial charge is 0.490 e. The van der Waals surface area contributed by atoms with Crippen LogP contribution >= 0.6 is 15.9 Å². The zero-order valence-corrected chi connectivity index (χ0v) is 18.8. The van der Waals surface area contributed by atoms with Crippen molar-refractivity contribution >= 4 is 27.5 Å². The van der Waals surface area contributed by atoms with Crippen molar-refractivity contribution in [3.63, 3.8) is 0 Å². The van der Waals surface area contributed by atoms with Gasteiger partial charge in [0.1, 0.15) is 0 Å². The number of rotatable bonds is 12. The van der Waals surface area contributed by atoms with Crippen molar-refractivity contribution in [2.24, 2.45) is 0 Å². The maximum atomic E-state index is 12.2. The van der Waals surface area contributed by atoms with Crippen molar-refractivity contribution in [2.75, 3.05) is 38.8 Å². The molecule has 1 amide bonds. The van der Waals surface area contributed by atoms with Crippen LogP contribution in [0.25, 0.3) is 0 Å². The molecule has 0 aliphatic carbocycles. The summed E-state index contributed by atoms with van der Waals surface area (Å²) in [6.07, 6.45) is 0.948. The second-order valence-corrected chi connectivity index (χ2v) is 7.40. The maximum Gasteiger partial charge on any atom is 0.262 e. The van der Waals surface area contributed by atoms with E-state index in [1.165, 1.54) is 0 Å². The van der Waals surface area contributed by atoms with Gasteiger partial charge in [0, 0.05) is 30.4 Å². The number of hydrogen-bond acceptors (Lipinski definition) is 5. The van der Waals surface area contributed by atoms with Crippen molar-refractivity contribution < 1.29 is 19.0 Å². The number of ether oxygens (including phenoxy) is 3. The third-order valence-corrected chi connectivity index (χ3v) is 4.86. The number of carbonyl (C=O) groups is 1. The fourth-order valence-corrected chi connectivity index (χ4v) is 3.10. The Balaban J connectivity index is 1.96. The molecule has 0 aliphatic rings. The average Bonchev–Trinajstić information content (AvgIpc) is 2.70. The number of hydrogen-bond donors (Lipinski definition) is 2. The molecule has 0 radical (unpaired) electrons. The fraction of sp³-hybridized carbons (Fsp3) is 0.409. The SMILES string of the molecule is CCOc1cc(CNCCCOC)c(Br)cc1OCC(=O)Nc1ccc(C)cc1. The smallest absolute Gasteiger partial charge is 0.262 e. The van der Waals surface area contributed by atoms with Crippen molar-refractivity contribution in [2.45, 2.75) is 26.8 Å². The second-order valence-electron chi connectivity index (χ2n) is 6.55. The third kappa shape index (κ3) is 8.04. The highest BCUT2D eigenvalue weighted by atomic mass is 79.9. The fourth-order valence-electron chi connectivity index (χ4n) is 2.64. The Bertz CT molecular complexity index is 781. The van der Waals surface area contributed by atoms with Crippen LogP contribution in [-0.4, -0.2) is 39.4 Å². The minimum atomic E-state index is -0.226. The summed E-state index contributed by atoms with van der Waals surface area (Å²) in [5.74, 6) is 0.921. The van der Waals surface area contributed by atoms with E-state index in [0.29, 0.717) is 24.7 Å². The van der Waals surface area contributed by atoms with Crippen LogP contribution in [0.3, 0.4) is 0 Å². The van der Waals surface area contributed by atoms with E-state index in [0.717, 1.165) is 40.9 Å². The standard InChI is InChI=1S/C22H29BrN2O4/c1-4-28-20-12-17(14-24-10-5-11-27-3)19(23)13-21(20)29-15-22(26)25-18-8-6-16(2)7-9-18/h6-9,12-13,24H,4-5,10-11,14-15H2,1-3H3,(H,25,26). The van der Waals surface area contributed by atoms with Crippen LogP contribution in [0, 0.1) is 6.92 Å². The van der Waals surface area contributed by atoms with Gasteiger partial charge in [0.2, 0.25) is 0 Å². The zero-order valence-electron chi connectivity index (χ0n) is 17.2. The molecular formula is C22H29BrN2O4. The van der Waals surface area contributed by atoms with Crippen molar-refractivity contribution in [3.8, 4) is 11.5 Å². The van der Waals surface area contributed by atoms with Crippen molar-refractivity contribution in [1.82, 2.24) is 5.32 Å². The first-order chi connectivity index (χ1) is 14.0. The van der Waals surface area contributed by atoms with Crippen LogP contribution in [-0.2, 0) is 16.1 Å². The Morgan fingerprint density at radius 1 is 1.10 bits per heavy atom. The highest BCUT2D eigenvalue weighted by Gasteiger charge is 2.13. The number of nitrogens with one attached hydrogen (secondary N) is 2. The predicted molar refractivity (Wildman–Crippen MR) is 119 cm³/mol. The summed E-state index contributed by atoms with van der Waals surface area (Å²) in [6.45, 7) is 6.61. The Hall–Kier alpha value is -2.09. The van der Waals surface area contributed by atoms with Gasteiger partial charge in [0.05, 0.1) is 6.61 Å². The van der Waals surface area contributed by atoms with E-state index in [1.807, 2.05) is 50.2 Å². The van der Waals surface area contributed by atoms with Gasteiger partial charge in [-0.1, -0.05) is 33.6 Å². The molecule has 0 saturated heterocycles. The number of carbonyl (C=O) groups excluding carboxylic acids is 1. The third-order valence-electron chi connectivity index (χ3n) is 4.12. The van der Waals surface area contributed by atoms with E-state index in [1.54, 1.807) is 7.11 Å². The summed E-state index contributed by atoms with van der Waals surface area (Å²) < 4.78 is 17.4. The first kappa shape index (κ1) is 23.2. The number of anilines is 1. The lowest BCUT2D eigenvalue weighted by Crippen LogP contribution is -2.20. The Labute approximate surface area is 181 Å². The molecule has 0 unspecified atom stereocenters. The summed E-state index contributed by atoms with van der Waals surface area (Å²) in [5.41, 5.74) is 2.94. The van der Waals surface area contributed by atoms with Gasteiger partial charge in [-0.25, -0.2) is 0 Å². The first-order valence-corrected chi connectivity index (χ1v) is 10.5.